The second-order valence-electron chi connectivity index (χ2n) is 6.01. The van der Waals surface area contributed by atoms with Gasteiger partial charge in [-0.05, 0) is 31.0 Å². The van der Waals surface area contributed by atoms with Crippen LogP contribution in [0.2, 0.25) is 19.6 Å². The highest BCUT2D eigenvalue weighted by Crippen LogP contribution is 2.06. The molecule has 0 aliphatic heterocycles. The average Bonchev–Trinajstić information content (AvgIpc) is 2.35. The van der Waals surface area contributed by atoms with E-state index in [-0.39, 0.29) is 5.78 Å². The number of Topliss-reactive ketones (excluding diaryl/α,β-unsaturated/α-hetero) is 1. The quantitative estimate of drug-likeness (QED) is 0.455. The van der Waals surface area contributed by atoms with Gasteiger partial charge in [-0.1, -0.05) is 37.7 Å². The number of hydrogen-bond donors (Lipinski definition) is 0. The maximum atomic E-state index is 10.8. The first-order chi connectivity index (χ1) is 9.37. The topological polar surface area (TPSA) is 26.3 Å². The molecule has 1 rings (SSSR count). The maximum Gasteiger partial charge on any atom is 0.132 e. The monoisotopic (exact) mass is 288 g/mol. The van der Waals surface area contributed by atoms with Crippen LogP contribution in [0.1, 0.15) is 24.5 Å². The fourth-order valence-corrected chi connectivity index (χ4v) is 2.09. The number of rotatable bonds is 6. The molecule has 0 bridgehead atoms. The van der Waals surface area contributed by atoms with Crippen molar-refractivity contribution in [3.63, 3.8) is 0 Å². The van der Waals surface area contributed by atoms with Crippen molar-refractivity contribution < 1.29 is 9.53 Å². The Morgan fingerprint density at radius 2 is 2.00 bits per heavy atom. The number of ketones is 1. The molecule has 20 heavy (non-hydrogen) atoms. The summed E-state index contributed by atoms with van der Waals surface area (Å²) in [6, 6.07) is 8.31. The van der Waals surface area contributed by atoms with Gasteiger partial charge in [0.1, 0.15) is 13.9 Å². The largest absolute Gasteiger partial charge is 0.381 e. The van der Waals surface area contributed by atoms with Crippen molar-refractivity contribution in [2.45, 2.75) is 39.4 Å². The van der Waals surface area contributed by atoms with E-state index in [0.717, 1.165) is 12.0 Å². The molecule has 0 radical (unpaired) electrons. The fraction of sp³-hybridized carbons (Fsp3) is 0.471. The highest BCUT2D eigenvalue weighted by Gasteiger charge is 2.07. The van der Waals surface area contributed by atoms with E-state index in [1.54, 1.807) is 6.92 Å². The molecule has 0 heterocycles. The van der Waals surface area contributed by atoms with Crippen LogP contribution in [-0.4, -0.2) is 27.1 Å². The van der Waals surface area contributed by atoms with Gasteiger partial charge >= 0.3 is 0 Å². The van der Waals surface area contributed by atoms with Gasteiger partial charge in [0, 0.05) is 12.0 Å². The Kier molecular flexibility index (Phi) is 6.70. The first-order valence-electron chi connectivity index (χ1n) is 7.06. The molecule has 2 nitrogen and oxygen atoms in total. The molecule has 1 aromatic rings. The third-order valence-corrected chi connectivity index (χ3v) is 3.52. The Labute approximate surface area is 123 Å². The van der Waals surface area contributed by atoms with Crippen LogP contribution in [0.15, 0.2) is 24.3 Å². The molecule has 3 heteroatoms. The Morgan fingerprint density at radius 3 is 2.65 bits per heavy atom. The normalized spacial score (nSPS) is 10.8. The summed E-state index contributed by atoms with van der Waals surface area (Å²) >= 11 is 0. The SMILES string of the molecule is CC(=O)CCOCCc1cccc(C#C[Si](C)(C)C)c1. The third-order valence-electron chi connectivity index (χ3n) is 2.64. The molecule has 0 aliphatic rings. The number of benzene rings is 1. The lowest BCUT2D eigenvalue weighted by Gasteiger charge is -2.05. The summed E-state index contributed by atoms with van der Waals surface area (Å²) in [5, 5.41) is 0. The molecule has 0 aromatic heterocycles. The molecule has 0 unspecified atom stereocenters. The summed E-state index contributed by atoms with van der Waals surface area (Å²) in [7, 11) is -1.32. The van der Waals surface area contributed by atoms with Gasteiger partial charge in [-0.2, -0.15) is 0 Å². The smallest absolute Gasteiger partial charge is 0.132 e. The van der Waals surface area contributed by atoms with Gasteiger partial charge in [0.2, 0.25) is 0 Å². The number of carbonyl (C=O) groups excluding carboxylic acids is 1. The molecule has 0 spiro atoms. The number of carbonyl (C=O) groups is 1. The van der Waals surface area contributed by atoms with Crippen LogP contribution in [0.3, 0.4) is 0 Å². The second-order valence-corrected chi connectivity index (χ2v) is 10.8. The summed E-state index contributed by atoms with van der Waals surface area (Å²) in [4.78, 5) is 10.8. The molecular formula is C17H24O2Si. The van der Waals surface area contributed by atoms with Crippen molar-refractivity contribution in [1.82, 2.24) is 0 Å². The number of hydrogen-bond acceptors (Lipinski definition) is 2. The lowest BCUT2D eigenvalue weighted by molar-refractivity contribution is -0.118. The van der Waals surface area contributed by atoms with Crippen LogP contribution in [-0.2, 0) is 16.0 Å². The zero-order valence-corrected chi connectivity index (χ0v) is 14.0. The zero-order valence-electron chi connectivity index (χ0n) is 13.0. The minimum absolute atomic E-state index is 0.175. The van der Waals surface area contributed by atoms with Gasteiger partial charge in [-0.25, -0.2) is 0 Å². The minimum atomic E-state index is -1.32. The highest BCUT2D eigenvalue weighted by atomic mass is 28.3. The first-order valence-corrected chi connectivity index (χ1v) is 10.6. The fourth-order valence-electron chi connectivity index (χ4n) is 1.57. The van der Waals surface area contributed by atoms with E-state index in [1.165, 1.54) is 5.56 Å². The molecule has 0 aliphatic carbocycles. The van der Waals surface area contributed by atoms with E-state index in [4.69, 9.17) is 4.74 Å². The van der Waals surface area contributed by atoms with Crippen LogP contribution < -0.4 is 0 Å². The van der Waals surface area contributed by atoms with Crippen LogP contribution in [0.4, 0.5) is 0 Å². The van der Waals surface area contributed by atoms with E-state index < -0.39 is 8.07 Å². The molecule has 0 atom stereocenters. The van der Waals surface area contributed by atoms with Gasteiger partial charge < -0.3 is 4.74 Å². The molecule has 0 saturated heterocycles. The Balaban J connectivity index is 2.47. The van der Waals surface area contributed by atoms with E-state index in [2.05, 4.69) is 43.2 Å². The summed E-state index contributed by atoms with van der Waals surface area (Å²) in [5.74, 6) is 3.44. The van der Waals surface area contributed by atoms with Crippen molar-refractivity contribution >= 4 is 13.9 Å². The van der Waals surface area contributed by atoms with E-state index in [0.29, 0.717) is 19.6 Å². The maximum absolute atomic E-state index is 10.8. The molecular weight excluding hydrogens is 264 g/mol. The predicted molar refractivity (Wildman–Crippen MR) is 86.5 cm³/mol. The standard InChI is InChI=1S/C17H24O2Si/c1-15(18)8-11-19-12-9-16-6-5-7-17(14-16)10-13-20(2,3)4/h5-7,14H,8-9,11-12H2,1-4H3. The minimum Gasteiger partial charge on any atom is -0.381 e. The summed E-state index contributed by atoms with van der Waals surface area (Å²) < 4.78 is 5.45. The summed E-state index contributed by atoms with van der Waals surface area (Å²) in [6.07, 6.45) is 1.36. The van der Waals surface area contributed by atoms with Crippen molar-refractivity contribution in [1.29, 1.82) is 0 Å². The number of ether oxygens (including phenoxy) is 1. The van der Waals surface area contributed by atoms with Gasteiger partial charge in [-0.3, -0.25) is 4.79 Å². The highest BCUT2D eigenvalue weighted by molar-refractivity contribution is 6.83. The molecule has 0 N–H and O–H groups in total. The molecule has 108 valence electrons. The van der Waals surface area contributed by atoms with Crippen LogP contribution in [0.25, 0.3) is 0 Å². The summed E-state index contributed by atoms with van der Waals surface area (Å²) in [6.45, 7) is 9.48. The zero-order chi connectivity index (χ0) is 15.0. The van der Waals surface area contributed by atoms with Gasteiger partial charge in [0.25, 0.3) is 0 Å². The van der Waals surface area contributed by atoms with E-state index in [1.807, 2.05) is 12.1 Å². The summed E-state index contributed by atoms with van der Waals surface area (Å²) in [5.41, 5.74) is 5.68. The van der Waals surface area contributed by atoms with Crippen LogP contribution in [0, 0.1) is 11.5 Å². The van der Waals surface area contributed by atoms with E-state index in [9.17, 15) is 4.79 Å². The first kappa shape index (κ1) is 16.7. The van der Waals surface area contributed by atoms with Crippen molar-refractivity contribution in [3.05, 3.63) is 35.4 Å². The van der Waals surface area contributed by atoms with Gasteiger partial charge in [0.15, 0.2) is 0 Å². The van der Waals surface area contributed by atoms with Crippen molar-refractivity contribution in [2.24, 2.45) is 0 Å². The molecule has 1 aromatic carbocycles. The van der Waals surface area contributed by atoms with Crippen molar-refractivity contribution in [3.8, 4) is 11.5 Å². The Morgan fingerprint density at radius 1 is 1.25 bits per heavy atom. The Hall–Kier alpha value is -1.37. The van der Waals surface area contributed by atoms with Gasteiger partial charge in [-0.15, -0.1) is 5.54 Å². The molecule has 0 saturated carbocycles. The second kappa shape index (κ2) is 8.03. The lowest BCUT2D eigenvalue weighted by atomic mass is 10.1. The van der Waals surface area contributed by atoms with E-state index >= 15 is 0 Å². The Bertz CT molecular complexity index is 504. The van der Waals surface area contributed by atoms with Gasteiger partial charge in [0.05, 0.1) is 13.2 Å². The molecule has 0 fully saturated rings. The van der Waals surface area contributed by atoms with Crippen molar-refractivity contribution in [2.75, 3.05) is 13.2 Å². The third kappa shape index (κ3) is 7.93. The predicted octanol–water partition coefficient (Wildman–Crippen LogP) is 3.45. The van der Waals surface area contributed by atoms with Crippen LogP contribution in [0.5, 0.6) is 0 Å². The average molecular weight is 288 g/mol. The molecule has 0 amide bonds. The lowest BCUT2D eigenvalue weighted by Crippen LogP contribution is -2.16. The van der Waals surface area contributed by atoms with Crippen LogP contribution >= 0.6 is 0 Å².